The van der Waals surface area contributed by atoms with E-state index in [1.54, 1.807) is 30.5 Å². The normalized spacial score (nSPS) is 10.9. The SMILES string of the molecule is Oc1ccc(Nc2cnc3cc4ccccc4cc3n2)cc1. The molecule has 0 atom stereocenters. The molecule has 4 heteroatoms. The molecule has 4 nitrogen and oxygen atoms in total. The third-order valence-electron chi connectivity index (χ3n) is 3.55. The minimum Gasteiger partial charge on any atom is -0.508 e. The first kappa shape index (κ1) is 12.6. The van der Waals surface area contributed by atoms with Crippen molar-refractivity contribution < 1.29 is 5.11 Å². The average Bonchev–Trinajstić information content (AvgIpc) is 2.55. The number of anilines is 2. The van der Waals surface area contributed by atoms with Gasteiger partial charge in [0.15, 0.2) is 0 Å². The van der Waals surface area contributed by atoms with Crippen molar-refractivity contribution >= 4 is 33.3 Å². The first-order chi connectivity index (χ1) is 10.8. The molecule has 0 spiro atoms. The number of nitrogens with one attached hydrogen (secondary N) is 1. The molecule has 0 aliphatic carbocycles. The number of aromatic nitrogens is 2. The molecule has 0 amide bonds. The maximum Gasteiger partial charge on any atom is 0.149 e. The molecular formula is C18H13N3O. The largest absolute Gasteiger partial charge is 0.508 e. The van der Waals surface area contributed by atoms with E-state index in [0.29, 0.717) is 5.82 Å². The van der Waals surface area contributed by atoms with Crippen LogP contribution in [0, 0.1) is 0 Å². The Bertz CT molecular complexity index is 965. The molecule has 4 aromatic rings. The first-order valence-electron chi connectivity index (χ1n) is 6.99. The van der Waals surface area contributed by atoms with Crippen LogP contribution >= 0.6 is 0 Å². The molecule has 2 N–H and O–H groups in total. The lowest BCUT2D eigenvalue weighted by molar-refractivity contribution is 0.475. The smallest absolute Gasteiger partial charge is 0.149 e. The van der Waals surface area contributed by atoms with Crippen LogP contribution in [0.2, 0.25) is 0 Å². The summed E-state index contributed by atoms with van der Waals surface area (Å²) in [6, 6.07) is 19.1. The van der Waals surface area contributed by atoms with E-state index in [4.69, 9.17) is 0 Å². The van der Waals surface area contributed by atoms with Crippen LogP contribution in [-0.2, 0) is 0 Å². The van der Waals surface area contributed by atoms with Gasteiger partial charge in [-0.25, -0.2) is 4.98 Å². The molecule has 0 unspecified atom stereocenters. The average molecular weight is 287 g/mol. The van der Waals surface area contributed by atoms with Crippen LogP contribution < -0.4 is 5.32 Å². The molecule has 0 saturated carbocycles. The maximum absolute atomic E-state index is 9.31. The number of phenolic OH excluding ortho intramolecular Hbond substituents is 1. The summed E-state index contributed by atoms with van der Waals surface area (Å²) in [6.45, 7) is 0. The van der Waals surface area contributed by atoms with Crippen molar-refractivity contribution in [3.63, 3.8) is 0 Å². The predicted octanol–water partition coefficient (Wildman–Crippen LogP) is 4.23. The van der Waals surface area contributed by atoms with Crippen molar-refractivity contribution in [3.05, 3.63) is 66.9 Å². The van der Waals surface area contributed by atoms with Gasteiger partial charge in [-0.2, -0.15) is 0 Å². The summed E-state index contributed by atoms with van der Waals surface area (Å²) < 4.78 is 0. The second-order valence-electron chi connectivity index (χ2n) is 5.12. The number of fused-ring (bicyclic) bond motifs is 2. The van der Waals surface area contributed by atoms with Crippen molar-refractivity contribution in [3.8, 4) is 5.75 Å². The lowest BCUT2D eigenvalue weighted by Crippen LogP contribution is -1.95. The molecule has 0 radical (unpaired) electrons. The van der Waals surface area contributed by atoms with Crippen molar-refractivity contribution in [2.24, 2.45) is 0 Å². The third kappa shape index (κ3) is 2.31. The molecule has 0 aliphatic rings. The monoisotopic (exact) mass is 287 g/mol. The Balaban J connectivity index is 1.76. The highest BCUT2D eigenvalue weighted by Crippen LogP contribution is 2.23. The van der Waals surface area contributed by atoms with Crippen LogP contribution in [-0.4, -0.2) is 15.1 Å². The number of phenols is 1. The van der Waals surface area contributed by atoms with Crippen molar-refractivity contribution in [1.82, 2.24) is 9.97 Å². The Morgan fingerprint density at radius 1 is 0.818 bits per heavy atom. The van der Waals surface area contributed by atoms with Crippen molar-refractivity contribution in [1.29, 1.82) is 0 Å². The van der Waals surface area contributed by atoms with Gasteiger partial charge in [-0.15, -0.1) is 0 Å². The van der Waals surface area contributed by atoms with Crippen LogP contribution in [0.4, 0.5) is 11.5 Å². The number of nitrogens with zero attached hydrogens (tertiary/aromatic N) is 2. The van der Waals surface area contributed by atoms with Gasteiger partial charge in [-0.3, -0.25) is 4.98 Å². The zero-order chi connectivity index (χ0) is 14.9. The van der Waals surface area contributed by atoms with Gasteiger partial charge in [-0.1, -0.05) is 24.3 Å². The van der Waals surface area contributed by atoms with E-state index >= 15 is 0 Å². The molecule has 22 heavy (non-hydrogen) atoms. The summed E-state index contributed by atoms with van der Waals surface area (Å²) in [6.07, 6.45) is 1.71. The minimum absolute atomic E-state index is 0.238. The number of rotatable bonds is 2. The lowest BCUT2D eigenvalue weighted by atomic mass is 10.1. The molecule has 1 aromatic heterocycles. The topological polar surface area (TPSA) is 58.0 Å². The molecule has 0 fully saturated rings. The third-order valence-corrected chi connectivity index (χ3v) is 3.55. The van der Waals surface area contributed by atoms with E-state index in [0.717, 1.165) is 27.5 Å². The Morgan fingerprint density at radius 3 is 2.23 bits per heavy atom. The Morgan fingerprint density at radius 2 is 1.50 bits per heavy atom. The Hall–Kier alpha value is -3.14. The summed E-state index contributed by atoms with van der Waals surface area (Å²) in [7, 11) is 0. The Labute approximate surface area is 127 Å². The van der Waals surface area contributed by atoms with E-state index in [2.05, 4.69) is 27.4 Å². The summed E-state index contributed by atoms with van der Waals surface area (Å²) in [4.78, 5) is 9.08. The second-order valence-corrected chi connectivity index (χ2v) is 5.12. The quantitative estimate of drug-likeness (QED) is 0.428. The fourth-order valence-electron chi connectivity index (χ4n) is 2.45. The summed E-state index contributed by atoms with van der Waals surface area (Å²) >= 11 is 0. The second kappa shape index (κ2) is 5.00. The molecule has 4 rings (SSSR count). The summed E-state index contributed by atoms with van der Waals surface area (Å²) in [5.41, 5.74) is 2.57. The van der Waals surface area contributed by atoms with Crippen LogP contribution in [0.25, 0.3) is 21.8 Å². The number of hydrogen-bond donors (Lipinski definition) is 2. The highest BCUT2D eigenvalue weighted by molar-refractivity contribution is 5.95. The van der Waals surface area contributed by atoms with Gasteiger partial charge < -0.3 is 10.4 Å². The van der Waals surface area contributed by atoms with Crippen molar-refractivity contribution in [2.45, 2.75) is 0 Å². The van der Waals surface area contributed by atoms with Crippen LogP contribution in [0.15, 0.2) is 66.9 Å². The zero-order valence-electron chi connectivity index (χ0n) is 11.7. The number of benzene rings is 3. The Kier molecular flexibility index (Phi) is 2.86. The van der Waals surface area contributed by atoms with Gasteiger partial charge >= 0.3 is 0 Å². The summed E-state index contributed by atoms with van der Waals surface area (Å²) in [5.74, 6) is 0.912. The number of aromatic hydroxyl groups is 1. The van der Waals surface area contributed by atoms with E-state index in [1.807, 2.05) is 24.3 Å². The van der Waals surface area contributed by atoms with Crippen molar-refractivity contribution in [2.75, 3.05) is 5.32 Å². The van der Waals surface area contributed by atoms with Gasteiger partial charge in [0.1, 0.15) is 11.6 Å². The van der Waals surface area contributed by atoms with Crippen LogP contribution in [0.1, 0.15) is 0 Å². The van der Waals surface area contributed by atoms with E-state index in [9.17, 15) is 5.11 Å². The first-order valence-corrected chi connectivity index (χ1v) is 6.99. The van der Waals surface area contributed by atoms with Crippen LogP contribution in [0.5, 0.6) is 5.75 Å². The van der Waals surface area contributed by atoms with Gasteiger partial charge in [-0.05, 0) is 47.2 Å². The fourth-order valence-corrected chi connectivity index (χ4v) is 2.45. The molecule has 0 aliphatic heterocycles. The fraction of sp³-hybridized carbons (Fsp3) is 0. The zero-order valence-corrected chi connectivity index (χ0v) is 11.7. The lowest BCUT2D eigenvalue weighted by Gasteiger charge is -2.07. The van der Waals surface area contributed by atoms with Crippen LogP contribution in [0.3, 0.4) is 0 Å². The molecule has 0 bridgehead atoms. The molecular weight excluding hydrogens is 274 g/mol. The van der Waals surface area contributed by atoms with E-state index in [1.165, 1.54) is 0 Å². The maximum atomic E-state index is 9.31. The highest BCUT2D eigenvalue weighted by Gasteiger charge is 2.03. The summed E-state index contributed by atoms with van der Waals surface area (Å²) in [5, 5.41) is 14.8. The van der Waals surface area contributed by atoms with E-state index < -0.39 is 0 Å². The minimum atomic E-state index is 0.238. The highest BCUT2D eigenvalue weighted by atomic mass is 16.3. The molecule has 1 heterocycles. The molecule has 106 valence electrons. The predicted molar refractivity (Wildman–Crippen MR) is 88.4 cm³/mol. The van der Waals surface area contributed by atoms with Gasteiger partial charge in [0.05, 0.1) is 17.2 Å². The molecule has 3 aromatic carbocycles. The van der Waals surface area contributed by atoms with Gasteiger partial charge in [0, 0.05) is 5.69 Å². The van der Waals surface area contributed by atoms with Gasteiger partial charge in [0.2, 0.25) is 0 Å². The molecule has 0 saturated heterocycles. The van der Waals surface area contributed by atoms with Gasteiger partial charge in [0.25, 0.3) is 0 Å². The van der Waals surface area contributed by atoms with E-state index in [-0.39, 0.29) is 5.75 Å². The standard InChI is InChI=1S/C18H13N3O/c22-15-7-5-14(6-8-15)20-18-11-19-16-9-12-3-1-2-4-13(12)10-17(16)21-18/h1-11,22H,(H,20,21). The number of hydrogen-bond acceptors (Lipinski definition) is 4.